The van der Waals surface area contributed by atoms with Gasteiger partial charge in [0.05, 0.1) is 10.0 Å². The van der Waals surface area contributed by atoms with Gasteiger partial charge in [0, 0.05) is 15.8 Å². The zero-order valence-corrected chi connectivity index (χ0v) is 12.7. The Morgan fingerprint density at radius 1 is 1.17 bits per heavy atom. The van der Waals surface area contributed by atoms with Gasteiger partial charge in [-0.1, -0.05) is 36.2 Å². The predicted octanol–water partition coefficient (Wildman–Crippen LogP) is 5.39. The lowest BCUT2D eigenvalue weighted by atomic mass is 10.2. The summed E-state index contributed by atoms with van der Waals surface area (Å²) in [5.41, 5.74) is 1.12. The molecule has 0 saturated heterocycles. The Hall–Kier alpha value is -0.540. The molecule has 1 N–H and O–H groups in total. The molecule has 18 heavy (non-hydrogen) atoms. The minimum atomic E-state index is 0.386. The van der Waals surface area contributed by atoms with Crippen molar-refractivity contribution in [2.24, 2.45) is 0 Å². The molecular weight excluding hydrogens is 285 g/mol. The van der Waals surface area contributed by atoms with Gasteiger partial charge in [-0.2, -0.15) is 0 Å². The first-order chi connectivity index (χ1) is 8.61. The quantitative estimate of drug-likeness (QED) is 0.798. The molecular formula is C14H15Cl2NS. The number of thiophene rings is 1. The Labute approximate surface area is 122 Å². The van der Waals surface area contributed by atoms with Crippen LogP contribution in [0.3, 0.4) is 0 Å². The molecule has 0 aliphatic heterocycles. The average molecular weight is 300 g/mol. The molecule has 2 aromatic rings. The third-order valence-electron chi connectivity index (χ3n) is 2.77. The van der Waals surface area contributed by atoms with E-state index in [2.05, 4.69) is 31.3 Å². The Bertz CT molecular complexity index is 536. The first-order valence-electron chi connectivity index (χ1n) is 5.90. The summed E-state index contributed by atoms with van der Waals surface area (Å²) < 4.78 is 0. The number of nitrogens with one attached hydrogen (secondary N) is 1. The van der Waals surface area contributed by atoms with Crippen molar-refractivity contribution in [2.45, 2.75) is 19.9 Å². The average Bonchev–Trinajstić information content (AvgIpc) is 2.82. The zero-order chi connectivity index (χ0) is 13.1. The molecule has 1 aromatic carbocycles. The van der Waals surface area contributed by atoms with E-state index in [4.69, 9.17) is 23.2 Å². The van der Waals surface area contributed by atoms with Crippen molar-refractivity contribution in [3.8, 4) is 10.4 Å². The van der Waals surface area contributed by atoms with Gasteiger partial charge < -0.3 is 5.32 Å². The minimum absolute atomic E-state index is 0.386. The highest BCUT2D eigenvalue weighted by Crippen LogP contribution is 2.34. The summed E-state index contributed by atoms with van der Waals surface area (Å²) >= 11 is 13.8. The van der Waals surface area contributed by atoms with E-state index in [1.807, 2.05) is 18.2 Å². The van der Waals surface area contributed by atoms with Crippen LogP contribution < -0.4 is 5.32 Å². The standard InChI is InChI=1S/C14H15Cl2NS/c1-3-17-9(2)13-6-7-14(18-13)10-4-5-11(15)12(16)8-10/h4-9,17H,3H2,1-2H3. The van der Waals surface area contributed by atoms with Gasteiger partial charge in [0.15, 0.2) is 0 Å². The van der Waals surface area contributed by atoms with Crippen LogP contribution >= 0.6 is 34.5 Å². The molecule has 0 aliphatic rings. The van der Waals surface area contributed by atoms with Gasteiger partial charge in [-0.15, -0.1) is 11.3 Å². The third-order valence-corrected chi connectivity index (χ3v) is 4.82. The summed E-state index contributed by atoms with van der Waals surface area (Å²) in [6.45, 7) is 5.26. The summed E-state index contributed by atoms with van der Waals surface area (Å²) in [4.78, 5) is 2.55. The van der Waals surface area contributed by atoms with Crippen molar-refractivity contribution in [3.05, 3.63) is 45.3 Å². The lowest BCUT2D eigenvalue weighted by Crippen LogP contribution is -2.16. The van der Waals surface area contributed by atoms with Crippen LogP contribution in [-0.4, -0.2) is 6.54 Å². The number of benzene rings is 1. The number of halogens is 2. The first-order valence-corrected chi connectivity index (χ1v) is 7.47. The van der Waals surface area contributed by atoms with Crippen LogP contribution in [0.1, 0.15) is 24.8 Å². The van der Waals surface area contributed by atoms with Crippen LogP contribution in [0.2, 0.25) is 10.0 Å². The Morgan fingerprint density at radius 3 is 2.61 bits per heavy atom. The molecule has 1 atom stereocenters. The topological polar surface area (TPSA) is 12.0 Å². The zero-order valence-electron chi connectivity index (χ0n) is 10.3. The van der Waals surface area contributed by atoms with E-state index in [1.165, 1.54) is 9.75 Å². The molecule has 1 aromatic heterocycles. The number of rotatable bonds is 4. The van der Waals surface area contributed by atoms with Crippen LogP contribution in [0, 0.1) is 0 Å². The number of hydrogen-bond acceptors (Lipinski definition) is 2. The van der Waals surface area contributed by atoms with Crippen molar-refractivity contribution < 1.29 is 0 Å². The lowest BCUT2D eigenvalue weighted by molar-refractivity contribution is 0.607. The summed E-state index contributed by atoms with van der Waals surface area (Å²) in [7, 11) is 0. The van der Waals surface area contributed by atoms with Gasteiger partial charge in [-0.05, 0) is 43.3 Å². The van der Waals surface area contributed by atoms with Gasteiger partial charge in [0.2, 0.25) is 0 Å². The second-order valence-corrected chi connectivity index (χ2v) is 6.04. The van der Waals surface area contributed by atoms with E-state index in [9.17, 15) is 0 Å². The van der Waals surface area contributed by atoms with E-state index >= 15 is 0 Å². The van der Waals surface area contributed by atoms with E-state index in [0.717, 1.165) is 12.1 Å². The molecule has 1 unspecified atom stereocenters. The largest absolute Gasteiger partial charge is 0.310 e. The van der Waals surface area contributed by atoms with Gasteiger partial charge in [0.1, 0.15) is 0 Å². The Kier molecular flexibility index (Phi) is 4.68. The van der Waals surface area contributed by atoms with Crippen molar-refractivity contribution >= 4 is 34.5 Å². The molecule has 0 aliphatic carbocycles. The van der Waals surface area contributed by atoms with Crippen LogP contribution in [0.4, 0.5) is 0 Å². The molecule has 1 heterocycles. The molecule has 96 valence electrons. The van der Waals surface area contributed by atoms with E-state index < -0.39 is 0 Å². The summed E-state index contributed by atoms with van der Waals surface area (Å²) in [5.74, 6) is 0. The van der Waals surface area contributed by atoms with Crippen LogP contribution in [-0.2, 0) is 0 Å². The maximum absolute atomic E-state index is 6.04. The molecule has 0 amide bonds. The van der Waals surface area contributed by atoms with Gasteiger partial charge >= 0.3 is 0 Å². The second kappa shape index (κ2) is 6.07. The summed E-state index contributed by atoms with van der Waals surface area (Å²) in [6, 6.07) is 10.4. The normalized spacial score (nSPS) is 12.7. The van der Waals surface area contributed by atoms with E-state index in [-0.39, 0.29) is 0 Å². The molecule has 1 nitrogen and oxygen atoms in total. The SMILES string of the molecule is CCNC(C)c1ccc(-c2ccc(Cl)c(Cl)c2)s1. The van der Waals surface area contributed by atoms with E-state index in [0.29, 0.717) is 16.1 Å². The molecule has 2 rings (SSSR count). The van der Waals surface area contributed by atoms with Crippen LogP contribution in [0.15, 0.2) is 30.3 Å². The summed E-state index contributed by atoms with van der Waals surface area (Å²) in [6.07, 6.45) is 0. The molecule has 0 saturated carbocycles. The molecule has 4 heteroatoms. The smallest absolute Gasteiger partial charge is 0.0598 e. The van der Waals surface area contributed by atoms with Crippen LogP contribution in [0.5, 0.6) is 0 Å². The Balaban J connectivity index is 2.26. The van der Waals surface area contributed by atoms with Gasteiger partial charge in [0.25, 0.3) is 0 Å². The van der Waals surface area contributed by atoms with Crippen molar-refractivity contribution in [2.75, 3.05) is 6.54 Å². The highest BCUT2D eigenvalue weighted by Gasteiger charge is 2.09. The van der Waals surface area contributed by atoms with Crippen molar-refractivity contribution in [3.63, 3.8) is 0 Å². The Morgan fingerprint density at radius 2 is 1.94 bits per heavy atom. The van der Waals surface area contributed by atoms with Gasteiger partial charge in [-0.3, -0.25) is 0 Å². The summed E-state index contributed by atoms with van der Waals surface area (Å²) in [5, 5.41) is 4.61. The monoisotopic (exact) mass is 299 g/mol. The molecule has 0 bridgehead atoms. The maximum atomic E-state index is 6.04. The minimum Gasteiger partial charge on any atom is -0.310 e. The molecule has 0 spiro atoms. The van der Waals surface area contributed by atoms with E-state index in [1.54, 1.807) is 11.3 Å². The van der Waals surface area contributed by atoms with Crippen molar-refractivity contribution in [1.82, 2.24) is 5.32 Å². The van der Waals surface area contributed by atoms with Crippen LogP contribution in [0.25, 0.3) is 10.4 Å². The number of hydrogen-bond donors (Lipinski definition) is 1. The highest BCUT2D eigenvalue weighted by atomic mass is 35.5. The first kappa shape index (κ1) is 13.9. The fraction of sp³-hybridized carbons (Fsp3) is 0.286. The second-order valence-electron chi connectivity index (χ2n) is 4.11. The van der Waals surface area contributed by atoms with Crippen molar-refractivity contribution in [1.29, 1.82) is 0 Å². The fourth-order valence-corrected chi connectivity index (χ4v) is 3.13. The highest BCUT2D eigenvalue weighted by molar-refractivity contribution is 7.15. The molecule has 0 fully saturated rings. The lowest BCUT2D eigenvalue weighted by Gasteiger charge is -2.09. The molecule has 0 radical (unpaired) electrons. The maximum Gasteiger partial charge on any atom is 0.0598 e. The predicted molar refractivity (Wildman–Crippen MR) is 81.9 cm³/mol. The fourth-order valence-electron chi connectivity index (χ4n) is 1.80. The third kappa shape index (κ3) is 3.07. The van der Waals surface area contributed by atoms with Gasteiger partial charge in [-0.25, -0.2) is 0 Å².